The number of aromatic amines is 1. The first-order chi connectivity index (χ1) is 12.6. The minimum Gasteiger partial charge on any atom is -0.478 e. The van der Waals surface area contributed by atoms with E-state index in [-0.39, 0.29) is 5.75 Å². The number of carbonyl (C=O) groups is 2. The zero-order chi connectivity index (χ0) is 20.6. The van der Waals surface area contributed by atoms with E-state index in [1.807, 2.05) is 24.4 Å². The number of nitrogens with one attached hydrogen (secondary N) is 1. The molecule has 0 fully saturated rings. The maximum Gasteiger partial charge on any atom is 0.328 e. The predicted octanol–water partition coefficient (Wildman–Crippen LogP) is 0.772. The molecular weight excluding hydrogens is 374 g/mol. The third kappa shape index (κ3) is 7.21. The predicted molar refractivity (Wildman–Crippen MR) is 102 cm³/mol. The number of fused-ring (bicyclic) bond motifs is 1. The van der Waals surface area contributed by atoms with Crippen molar-refractivity contribution >= 4 is 32.9 Å². The van der Waals surface area contributed by atoms with Crippen LogP contribution in [0.2, 0.25) is 0 Å². The van der Waals surface area contributed by atoms with E-state index < -0.39 is 22.0 Å². The number of nitrogens with zero attached hydrogens (tertiary/aromatic N) is 1. The summed E-state index contributed by atoms with van der Waals surface area (Å²) in [6.07, 6.45) is 3.83. The molecule has 148 valence electrons. The molecule has 5 N–H and O–H groups in total. The first kappa shape index (κ1) is 22.4. The minimum absolute atomic E-state index is 0.0170. The summed E-state index contributed by atoms with van der Waals surface area (Å²) in [4.78, 5) is 22.3. The number of hydrogen-bond donors (Lipinski definition) is 4. The first-order valence-corrected chi connectivity index (χ1v) is 9.51. The van der Waals surface area contributed by atoms with Crippen LogP contribution in [-0.2, 0) is 31.8 Å². The summed E-state index contributed by atoms with van der Waals surface area (Å²) in [5.74, 6) is -2.50. The molecule has 0 amide bonds. The van der Waals surface area contributed by atoms with Crippen LogP contribution < -0.4 is 5.73 Å². The Balaban J connectivity index is 0.000000387. The largest absolute Gasteiger partial charge is 0.478 e. The summed E-state index contributed by atoms with van der Waals surface area (Å²) in [6.45, 7) is 0.577. The van der Waals surface area contributed by atoms with E-state index in [4.69, 9.17) is 15.9 Å². The number of rotatable bonds is 7. The zero-order valence-electron chi connectivity index (χ0n) is 15.0. The van der Waals surface area contributed by atoms with Gasteiger partial charge in [-0.05, 0) is 36.2 Å². The van der Waals surface area contributed by atoms with E-state index in [2.05, 4.69) is 4.98 Å². The van der Waals surface area contributed by atoms with Gasteiger partial charge in [0, 0.05) is 43.3 Å². The molecule has 0 aliphatic carbocycles. The van der Waals surface area contributed by atoms with Crippen molar-refractivity contribution in [2.45, 2.75) is 12.2 Å². The molecule has 0 bridgehead atoms. The molecule has 2 aromatic rings. The van der Waals surface area contributed by atoms with Crippen LogP contribution in [0.1, 0.15) is 11.1 Å². The number of aliphatic carboxylic acids is 2. The number of hydrogen-bond acceptors (Lipinski definition) is 5. The van der Waals surface area contributed by atoms with Crippen molar-refractivity contribution in [1.29, 1.82) is 0 Å². The molecule has 0 saturated carbocycles. The van der Waals surface area contributed by atoms with Crippen molar-refractivity contribution in [3.63, 3.8) is 0 Å². The Hall–Kier alpha value is -2.69. The SMILES string of the molecule is CN(C)S(=O)(=O)Cc1ccc2[nH]cc(CCN)c2c1.O=C(O)/C=C\C(=O)O. The van der Waals surface area contributed by atoms with Crippen LogP contribution in [0.25, 0.3) is 10.9 Å². The van der Waals surface area contributed by atoms with Gasteiger partial charge in [-0.1, -0.05) is 6.07 Å². The van der Waals surface area contributed by atoms with Gasteiger partial charge in [-0.3, -0.25) is 0 Å². The van der Waals surface area contributed by atoms with Crippen molar-refractivity contribution in [1.82, 2.24) is 9.29 Å². The summed E-state index contributed by atoms with van der Waals surface area (Å²) in [6, 6.07) is 5.68. The van der Waals surface area contributed by atoms with Crippen LogP contribution in [0.15, 0.2) is 36.5 Å². The molecule has 10 heteroatoms. The number of carboxylic acids is 2. The second-order valence-electron chi connectivity index (χ2n) is 5.78. The lowest BCUT2D eigenvalue weighted by atomic mass is 10.1. The van der Waals surface area contributed by atoms with Gasteiger partial charge in [0.1, 0.15) is 0 Å². The molecule has 0 aliphatic heterocycles. The highest BCUT2D eigenvalue weighted by Crippen LogP contribution is 2.21. The van der Waals surface area contributed by atoms with Gasteiger partial charge in [-0.25, -0.2) is 22.3 Å². The summed E-state index contributed by atoms with van der Waals surface area (Å²) < 4.78 is 25.0. The van der Waals surface area contributed by atoms with Crippen molar-refractivity contribution in [3.05, 3.63) is 47.7 Å². The molecule has 27 heavy (non-hydrogen) atoms. The van der Waals surface area contributed by atoms with E-state index >= 15 is 0 Å². The molecule has 0 aliphatic rings. The fourth-order valence-corrected chi connectivity index (χ4v) is 3.02. The first-order valence-electron chi connectivity index (χ1n) is 7.90. The summed E-state index contributed by atoms with van der Waals surface area (Å²) >= 11 is 0. The molecular formula is C17H23N3O6S. The quantitative estimate of drug-likeness (QED) is 0.503. The van der Waals surface area contributed by atoms with Crippen LogP contribution in [0.5, 0.6) is 0 Å². The Kier molecular flexibility index (Phi) is 8.16. The molecule has 2 rings (SSSR count). The standard InChI is InChI=1S/C13H19N3O2S.C4H4O4/c1-16(2)19(17,18)9-10-3-4-13-12(7-10)11(5-6-14)8-15-13;5-3(6)1-2-4(7)8/h3-4,7-8,15H,5-6,9,14H2,1-2H3;1-2H,(H,5,6)(H,7,8)/b;2-1-. The zero-order valence-corrected chi connectivity index (χ0v) is 15.9. The van der Waals surface area contributed by atoms with E-state index in [0.717, 1.165) is 28.5 Å². The molecule has 1 aromatic heterocycles. The second-order valence-corrected chi connectivity index (χ2v) is 7.96. The van der Waals surface area contributed by atoms with Crippen LogP contribution >= 0.6 is 0 Å². The van der Waals surface area contributed by atoms with Crippen LogP contribution in [-0.4, -0.2) is 60.5 Å². The maximum atomic E-state index is 11.9. The highest BCUT2D eigenvalue weighted by Gasteiger charge is 2.15. The Bertz CT molecular complexity index is 915. The summed E-state index contributed by atoms with van der Waals surface area (Å²) in [5.41, 5.74) is 8.50. The normalized spacial score (nSPS) is 11.6. The molecule has 9 nitrogen and oxygen atoms in total. The number of nitrogens with two attached hydrogens (primary N) is 1. The van der Waals surface area contributed by atoms with Crippen molar-refractivity contribution in [3.8, 4) is 0 Å². The molecule has 0 saturated heterocycles. The molecule has 1 heterocycles. The fraction of sp³-hybridized carbons (Fsp3) is 0.294. The van der Waals surface area contributed by atoms with E-state index in [9.17, 15) is 18.0 Å². The summed E-state index contributed by atoms with van der Waals surface area (Å²) in [7, 11) is -0.138. The Morgan fingerprint density at radius 3 is 2.26 bits per heavy atom. The van der Waals surface area contributed by atoms with E-state index in [0.29, 0.717) is 18.7 Å². The van der Waals surface area contributed by atoms with Gasteiger partial charge in [0.05, 0.1) is 5.75 Å². The van der Waals surface area contributed by atoms with Crippen molar-refractivity contribution in [2.75, 3.05) is 20.6 Å². The Morgan fingerprint density at radius 1 is 1.19 bits per heavy atom. The van der Waals surface area contributed by atoms with Crippen LogP contribution in [0.3, 0.4) is 0 Å². The molecule has 0 unspecified atom stereocenters. The lowest BCUT2D eigenvalue weighted by molar-refractivity contribution is -0.134. The van der Waals surface area contributed by atoms with E-state index in [1.54, 1.807) is 14.1 Å². The number of H-pyrrole nitrogens is 1. The summed E-state index contributed by atoms with van der Waals surface area (Å²) in [5, 5.41) is 16.7. The lowest BCUT2D eigenvalue weighted by Crippen LogP contribution is -2.23. The Morgan fingerprint density at radius 2 is 1.78 bits per heavy atom. The van der Waals surface area contributed by atoms with Gasteiger partial charge in [0.25, 0.3) is 0 Å². The number of aromatic nitrogens is 1. The topological polar surface area (TPSA) is 154 Å². The van der Waals surface area contributed by atoms with Crippen LogP contribution in [0.4, 0.5) is 0 Å². The lowest BCUT2D eigenvalue weighted by Gasteiger charge is -2.11. The van der Waals surface area contributed by atoms with Crippen molar-refractivity contribution in [2.24, 2.45) is 5.73 Å². The van der Waals surface area contributed by atoms with Crippen LogP contribution in [0, 0.1) is 0 Å². The third-order valence-corrected chi connectivity index (χ3v) is 5.33. The van der Waals surface area contributed by atoms with Gasteiger partial charge >= 0.3 is 11.9 Å². The third-order valence-electron chi connectivity index (χ3n) is 3.52. The minimum atomic E-state index is -3.23. The average molecular weight is 397 g/mol. The Labute approximate surface area is 157 Å². The average Bonchev–Trinajstić information content (AvgIpc) is 2.96. The van der Waals surface area contributed by atoms with Crippen molar-refractivity contribution < 1.29 is 28.2 Å². The molecule has 1 aromatic carbocycles. The molecule has 0 atom stereocenters. The fourth-order valence-electron chi connectivity index (χ4n) is 2.16. The van der Waals surface area contributed by atoms with Gasteiger partial charge in [0.2, 0.25) is 10.0 Å². The number of benzene rings is 1. The van der Waals surface area contributed by atoms with Gasteiger partial charge in [0.15, 0.2) is 0 Å². The smallest absolute Gasteiger partial charge is 0.328 e. The number of carboxylic acid groups (broad SMARTS) is 2. The molecule has 0 spiro atoms. The highest BCUT2D eigenvalue weighted by atomic mass is 32.2. The monoisotopic (exact) mass is 397 g/mol. The maximum absolute atomic E-state index is 11.9. The number of sulfonamides is 1. The van der Waals surface area contributed by atoms with Gasteiger partial charge in [-0.2, -0.15) is 0 Å². The van der Waals surface area contributed by atoms with Gasteiger partial charge in [-0.15, -0.1) is 0 Å². The van der Waals surface area contributed by atoms with Gasteiger partial charge < -0.3 is 20.9 Å². The van der Waals surface area contributed by atoms with E-state index in [1.165, 1.54) is 4.31 Å². The second kappa shape index (κ2) is 9.86. The highest BCUT2D eigenvalue weighted by molar-refractivity contribution is 7.88. The molecule has 0 radical (unpaired) electrons.